The van der Waals surface area contributed by atoms with E-state index in [2.05, 4.69) is 0 Å². The molecule has 0 bridgehead atoms. The minimum Gasteiger partial charge on any atom is -0.497 e. The van der Waals surface area contributed by atoms with Crippen LogP contribution in [0.2, 0.25) is 0 Å². The highest BCUT2D eigenvalue weighted by Crippen LogP contribution is 2.25. The molecular formula is C10H11ClO3. The molecule has 0 radical (unpaired) electrons. The second kappa shape index (κ2) is 4.86. The summed E-state index contributed by atoms with van der Waals surface area (Å²) in [4.78, 5) is 10.4. The fourth-order valence-electron chi connectivity index (χ4n) is 1.08. The van der Waals surface area contributed by atoms with Gasteiger partial charge in [0.15, 0.2) is 0 Å². The summed E-state index contributed by atoms with van der Waals surface area (Å²) in [6.45, 7) is 0. The van der Waals surface area contributed by atoms with Crippen LogP contribution < -0.4 is 4.74 Å². The molecule has 0 aliphatic carbocycles. The van der Waals surface area contributed by atoms with Crippen LogP contribution >= 0.6 is 11.6 Å². The molecule has 0 fully saturated rings. The van der Waals surface area contributed by atoms with Crippen LogP contribution in [-0.2, 0) is 4.79 Å². The van der Waals surface area contributed by atoms with Crippen LogP contribution in [-0.4, -0.2) is 18.2 Å². The van der Waals surface area contributed by atoms with Gasteiger partial charge >= 0.3 is 5.97 Å². The Kier molecular flexibility index (Phi) is 3.77. The Labute approximate surface area is 87.3 Å². The maximum Gasteiger partial charge on any atom is 0.305 e. The molecule has 0 saturated carbocycles. The fourth-order valence-corrected chi connectivity index (χ4v) is 1.36. The molecule has 0 spiro atoms. The number of hydrogen-bond donors (Lipinski definition) is 1. The lowest BCUT2D eigenvalue weighted by molar-refractivity contribution is -0.137. The highest BCUT2D eigenvalue weighted by molar-refractivity contribution is 6.21. The first-order chi connectivity index (χ1) is 6.63. The van der Waals surface area contributed by atoms with Gasteiger partial charge in [-0.25, -0.2) is 0 Å². The van der Waals surface area contributed by atoms with Gasteiger partial charge in [0, 0.05) is 0 Å². The summed E-state index contributed by atoms with van der Waals surface area (Å²) in [6.07, 6.45) is -0.0755. The molecule has 14 heavy (non-hydrogen) atoms. The Bertz CT molecular complexity index is 308. The van der Waals surface area contributed by atoms with Crippen molar-refractivity contribution in [1.82, 2.24) is 0 Å². The van der Waals surface area contributed by atoms with Crippen LogP contribution in [0, 0.1) is 0 Å². The van der Waals surface area contributed by atoms with Crippen molar-refractivity contribution in [3.8, 4) is 5.75 Å². The van der Waals surface area contributed by atoms with Crippen LogP contribution in [0.3, 0.4) is 0 Å². The molecule has 0 aliphatic heterocycles. The molecule has 0 aliphatic rings. The summed E-state index contributed by atoms with van der Waals surface area (Å²) >= 11 is 5.88. The topological polar surface area (TPSA) is 46.5 Å². The van der Waals surface area contributed by atoms with Gasteiger partial charge in [0.05, 0.1) is 18.9 Å². The van der Waals surface area contributed by atoms with Gasteiger partial charge in [-0.1, -0.05) is 12.1 Å². The smallest absolute Gasteiger partial charge is 0.305 e. The largest absolute Gasteiger partial charge is 0.497 e. The number of carboxylic acids is 1. The van der Waals surface area contributed by atoms with Gasteiger partial charge in [-0.05, 0) is 17.7 Å². The standard InChI is InChI=1S/C10H11ClO3/c1-14-8-4-2-7(3-5-8)9(11)6-10(12)13/h2-5,9H,6H2,1H3,(H,12,13). The molecule has 0 saturated heterocycles. The first-order valence-electron chi connectivity index (χ1n) is 4.13. The molecule has 1 unspecified atom stereocenters. The lowest BCUT2D eigenvalue weighted by Crippen LogP contribution is -2.00. The number of hydrogen-bond acceptors (Lipinski definition) is 2. The number of methoxy groups -OCH3 is 1. The van der Waals surface area contributed by atoms with Gasteiger partial charge in [0.25, 0.3) is 0 Å². The van der Waals surface area contributed by atoms with Gasteiger partial charge in [-0.15, -0.1) is 11.6 Å². The Morgan fingerprint density at radius 1 is 1.50 bits per heavy atom. The number of rotatable bonds is 4. The molecule has 1 aromatic rings. The van der Waals surface area contributed by atoms with Gasteiger partial charge in [0.1, 0.15) is 5.75 Å². The van der Waals surface area contributed by atoms with E-state index >= 15 is 0 Å². The van der Waals surface area contributed by atoms with Crippen molar-refractivity contribution < 1.29 is 14.6 Å². The molecule has 1 aromatic carbocycles. The molecule has 76 valence electrons. The van der Waals surface area contributed by atoms with E-state index in [9.17, 15) is 4.79 Å². The minimum absolute atomic E-state index is 0.0755. The summed E-state index contributed by atoms with van der Waals surface area (Å²) < 4.78 is 4.97. The Morgan fingerprint density at radius 2 is 2.07 bits per heavy atom. The molecule has 0 aromatic heterocycles. The van der Waals surface area contributed by atoms with Gasteiger partial charge < -0.3 is 9.84 Å². The quantitative estimate of drug-likeness (QED) is 0.784. The normalized spacial score (nSPS) is 12.1. The second-order valence-corrected chi connectivity index (χ2v) is 3.37. The van der Waals surface area contributed by atoms with Gasteiger partial charge in [-0.3, -0.25) is 4.79 Å². The number of benzene rings is 1. The number of carbonyl (C=O) groups is 1. The van der Waals surface area contributed by atoms with Crippen molar-refractivity contribution in [2.24, 2.45) is 0 Å². The van der Waals surface area contributed by atoms with Crippen LogP contribution in [0.15, 0.2) is 24.3 Å². The van der Waals surface area contributed by atoms with Crippen LogP contribution in [0.1, 0.15) is 17.4 Å². The van der Waals surface area contributed by atoms with E-state index in [0.29, 0.717) is 0 Å². The average molecular weight is 215 g/mol. The van der Waals surface area contributed by atoms with E-state index in [1.807, 2.05) is 0 Å². The first-order valence-corrected chi connectivity index (χ1v) is 4.57. The molecule has 1 rings (SSSR count). The predicted octanol–water partition coefficient (Wildman–Crippen LogP) is 2.45. The lowest BCUT2D eigenvalue weighted by atomic mass is 10.1. The molecule has 4 heteroatoms. The van der Waals surface area contributed by atoms with Crippen LogP contribution in [0.4, 0.5) is 0 Å². The molecule has 0 amide bonds. The number of alkyl halides is 1. The third kappa shape index (κ3) is 2.92. The number of aliphatic carboxylic acids is 1. The second-order valence-electron chi connectivity index (χ2n) is 2.84. The van der Waals surface area contributed by atoms with Crippen LogP contribution in [0.25, 0.3) is 0 Å². The predicted molar refractivity (Wildman–Crippen MR) is 53.8 cm³/mol. The van der Waals surface area contributed by atoms with E-state index in [0.717, 1.165) is 11.3 Å². The highest BCUT2D eigenvalue weighted by atomic mass is 35.5. The Morgan fingerprint density at radius 3 is 2.50 bits per heavy atom. The van der Waals surface area contributed by atoms with Crippen LogP contribution in [0.5, 0.6) is 5.75 Å². The fraction of sp³-hybridized carbons (Fsp3) is 0.300. The highest BCUT2D eigenvalue weighted by Gasteiger charge is 2.11. The van der Waals surface area contributed by atoms with Gasteiger partial charge in [0.2, 0.25) is 0 Å². The third-order valence-electron chi connectivity index (χ3n) is 1.83. The van der Waals surface area contributed by atoms with Crippen molar-refractivity contribution in [2.75, 3.05) is 7.11 Å². The van der Waals surface area contributed by atoms with Gasteiger partial charge in [-0.2, -0.15) is 0 Å². The maximum atomic E-state index is 10.4. The van der Waals surface area contributed by atoms with Crippen molar-refractivity contribution >= 4 is 17.6 Å². The molecule has 0 heterocycles. The lowest BCUT2D eigenvalue weighted by Gasteiger charge is -2.07. The van der Waals surface area contributed by atoms with E-state index in [4.69, 9.17) is 21.4 Å². The molecular weight excluding hydrogens is 204 g/mol. The summed E-state index contributed by atoms with van der Waals surface area (Å²) in [5.74, 6) is -0.172. The number of carboxylic acid groups (broad SMARTS) is 1. The average Bonchev–Trinajstić information content (AvgIpc) is 2.17. The zero-order valence-electron chi connectivity index (χ0n) is 7.74. The zero-order chi connectivity index (χ0) is 10.6. The van der Waals surface area contributed by atoms with E-state index in [-0.39, 0.29) is 6.42 Å². The summed E-state index contributed by atoms with van der Waals surface area (Å²) in [6, 6.07) is 7.04. The molecule has 3 nitrogen and oxygen atoms in total. The van der Waals surface area contributed by atoms with Crippen molar-refractivity contribution in [1.29, 1.82) is 0 Å². The van der Waals surface area contributed by atoms with E-state index < -0.39 is 11.3 Å². The first kappa shape index (κ1) is 10.9. The molecule has 1 N–H and O–H groups in total. The summed E-state index contributed by atoms with van der Waals surface area (Å²) in [5, 5.41) is 8.05. The monoisotopic (exact) mass is 214 g/mol. The third-order valence-corrected chi connectivity index (χ3v) is 2.24. The van der Waals surface area contributed by atoms with E-state index in [1.54, 1.807) is 31.4 Å². The minimum atomic E-state index is -0.902. The zero-order valence-corrected chi connectivity index (χ0v) is 8.49. The Hall–Kier alpha value is -1.22. The van der Waals surface area contributed by atoms with Crippen molar-refractivity contribution in [2.45, 2.75) is 11.8 Å². The van der Waals surface area contributed by atoms with Crippen molar-refractivity contribution in [3.05, 3.63) is 29.8 Å². The van der Waals surface area contributed by atoms with E-state index in [1.165, 1.54) is 0 Å². The number of ether oxygens (including phenoxy) is 1. The summed E-state index contributed by atoms with van der Waals surface area (Å²) in [5.41, 5.74) is 0.787. The maximum absolute atomic E-state index is 10.4. The van der Waals surface area contributed by atoms with Crippen molar-refractivity contribution in [3.63, 3.8) is 0 Å². The Balaban J connectivity index is 2.71. The number of halogens is 1. The SMILES string of the molecule is COc1ccc(C(Cl)CC(=O)O)cc1. The molecule has 1 atom stereocenters. The summed E-state index contributed by atoms with van der Waals surface area (Å²) in [7, 11) is 1.57.